The molecule has 0 saturated heterocycles. The number of hydrogen-bond donors (Lipinski definition) is 1. The number of nitrogens with two attached hydrogens (primary N) is 1. The summed E-state index contributed by atoms with van der Waals surface area (Å²) in [6, 6.07) is 9.17. The number of fused-ring (bicyclic) bond motifs is 2. The molecule has 0 amide bonds. The van der Waals surface area contributed by atoms with Crippen molar-refractivity contribution in [3.63, 3.8) is 0 Å². The van der Waals surface area contributed by atoms with E-state index in [4.69, 9.17) is 26.9 Å². The van der Waals surface area contributed by atoms with E-state index in [-0.39, 0.29) is 20.8 Å². The smallest absolute Gasteiger partial charge is 0.285 e. The minimum atomic E-state index is -3.61. The van der Waals surface area contributed by atoms with Crippen LogP contribution in [0.5, 0.6) is 11.5 Å². The van der Waals surface area contributed by atoms with Crippen LogP contribution in [-0.4, -0.2) is 54.1 Å². The van der Waals surface area contributed by atoms with E-state index in [2.05, 4.69) is 8.80 Å². The zero-order valence-corrected chi connectivity index (χ0v) is 18.4. The van der Waals surface area contributed by atoms with Gasteiger partial charge in [0.05, 0.1) is 19.1 Å². The summed E-state index contributed by atoms with van der Waals surface area (Å²) >= 11 is 5.67. The summed E-state index contributed by atoms with van der Waals surface area (Å²) in [5, 5.41) is 1.15. The van der Waals surface area contributed by atoms with Gasteiger partial charge in [-0.3, -0.25) is 5.01 Å². The highest BCUT2D eigenvalue weighted by Gasteiger charge is 2.30. The van der Waals surface area contributed by atoms with Crippen LogP contribution in [0.25, 0.3) is 0 Å². The normalized spacial score (nSPS) is 17.0. The third-order valence-electron chi connectivity index (χ3n) is 4.13. The number of ether oxygens (including phenoxy) is 2. The largest absolute Gasteiger partial charge is 0.497 e. The van der Waals surface area contributed by atoms with Gasteiger partial charge in [-0.15, -0.1) is 8.80 Å². The van der Waals surface area contributed by atoms with Gasteiger partial charge < -0.3 is 9.47 Å². The second kappa shape index (κ2) is 7.87. The number of rotatable bonds is 2. The molecule has 2 aromatic rings. The zero-order chi connectivity index (χ0) is 22.3. The van der Waals surface area contributed by atoms with Crippen LogP contribution in [0.15, 0.2) is 55.0 Å². The molecule has 10 nitrogen and oxygen atoms in total. The van der Waals surface area contributed by atoms with E-state index in [1.807, 2.05) is 0 Å². The van der Waals surface area contributed by atoms with Crippen LogP contribution in [0.3, 0.4) is 0 Å². The van der Waals surface area contributed by atoms with Crippen molar-refractivity contribution in [1.82, 2.24) is 5.01 Å². The summed E-state index contributed by atoms with van der Waals surface area (Å²) in [4.78, 5) is 0.281. The minimum absolute atomic E-state index is 0.0149. The molecule has 160 valence electrons. The lowest BCUT2D eigenvalue weighted by Crippen LogP contribution is -2.32. The zero-order valence-electron chi connectivity index (χ0n) is 16.0. The second-order valence-electron chi connectivity index (χ2n) is 6.08. The van der Waals surface area contributed by atoms with Gasteiger partial charge in [-0.05, 0) is 36.4 Å². The molecule has 0 spiro atoms. The molecule has 0 radical (unpaired) electrons. The highest BCUT2D eigenvalue weighted by atomic mass is 35.5. The van der Waals surface area contributed by atoms with E-state index in [0.717, 1.165) is 0 Å². The van der Waals surface area contributed by atoms with Gasteiger partial charge in [-0.2, -0.15) is 16.8 Å². The van der Waals surface area contributed by atoms with Crippen molar-refractivity contribution in [1.29, 1.82) is 0 Å². The van der Waals surface area contributed by atoms with Crippen molar-refractivity contribution >= 4 is 42.7 Å². The van der Waals surface area contributed by atoms with Crippen LogP contribution >= 0.6 is 11.6 Å². The fourth-order valence-corrected chi connectivity index (χ4v) is 5.52. The van der Waals surface area contributed by atoms with E-state index in [1.54, 1.807) is 24.3 Å². The first-order valence-electron chi connectivity index (χ1n) is 8.21. The molecule has 4 rings (SSSR count). The summed E-state index contributed by atoms with van der Waals surface area (Å²) < 4.78 is 62.9. The molecule has 2 aliphatic rings. The topological polar surface area (TPSA) is 141 Å². The molecular formula is C17H17ClN4O6S2. The van der Waals surface area contributed by atoms with Gasteiger partial charge in [0.15, 0.2) is 11.0 Å². The fraction of sp³-hybridized carbons (Fsp3) is 0.176. The minimum Gasteiger partial charge on any atom is -0.497 e. The van der Waals surface area contributed by atoms with E-state index < -0.39 is 20.0 Å². The summed E-state index contributed by atoms with van der Waals surface area (Å²) in [6.45, 7) is 0. The van der Waals surface area contributed by atoms with Crippen molar-refractivity contribution in [2.75, 3.05) is 21.3 Å². The van der Waals surface area contributed by atoms with Crippen LogP contribution < -0.4 is 15.3 Å². The van der Waals surface area contributed by atoms with Crippen molar-refractivity contribution in [2.24, 2.45) is 14.6 Å². The lowest BCUT2D eigenvalue weighted by Gasteiger charge is -2.11. The molecule has 0 aliphatic carbocycles. The predicted octanol–water partition coefficient (Wildman–Crippen LogP) is 1.33. The highest BCUT2D eigenvalue weighted by Crippen LogP contribution is 2.31. The van der Waals surface area contributed by atoms with E-state index in [0.29, 0.717) is 22.6 Å². The van der Waals surface area contributed by atoms with Gasteiger partial charge in [-0.1, -0.05) is 11.6 Å². The number of hydrogen-bond acceptors (Lipinski definition) is 8. The van der Waals surface area contributed by atoms with Crippen LogP contribution in [-0.2, 0) is 20.0 Å². The molecule has 0 bridgehead atoms. The lowest BCUT2D eigenvalue weighted by molar-refractivity contribution is 0.414. The number of benzene rings is 2. The summed E-state index contributed by atoms with van der Waals surface area (Å²) in [5.74, 6) is 6.85. The number of nitrogens with zero attached hydrogens (tertiary/aromatic N) is 3. The quantitative estimate of drug-likeness (QED) is 0.509. The summed E-state index contributed by atoms with van der Waals surface area (Å²) in [5.41, 5.74) is 0.857. The van der Waals surface area contributed by atoms with Crippen LogP contribution in [0.1, 0.15) is 11.1 Å². The molecule has 13 heteroatoms. The van der Waals surface area contributed by atoms with E-state index in [9.17, 15) is 16.8 Å². The number of amidine groups is 1. The predicted molar refractivity (Wildman–Crippen MR) is 111 cm³/mol. The van der Waals surface area contributed by atoms with Gasteiger partial charge in [0, 0.05) is 18.2 Å². The Morgan fingerprint density at radius 3 is 1.83 bits per heavy atom. The number of halogens is 1. The maximum Gasteiger partial charge on any atom is 0.285 e. The van der Waals surface area contributed by atoms with Crippen LogP contribution in [0.4, 0.5) is 0 Å². The first kappa shape index (κ1) is 22.0. The molecular weight excluding hydrogens is 456 g/mol. The molecule has 2 aliphatic heterocycles. The number of methoxy groups -OCH3 is 2. The molecule has 0 unspecified atom stereocenters. The van der Waals surface area contributed by atoms with Crippen LogP contribution in [0, 0.1) is 0 Å². The van der Waals surface area contributed by atoms with Gasteiger partial charge >= 0.3 is 0 Å². The molecule has 2 aromatic carbocycles. The monoisotopic (exact) mass is 472 g/mol. The highest BCUT2D eigenvalue weighted by molar-refractivity contribution is 7.91. The van der Waals surface area contributed by atoms with Gasteiger partial charge in [0.25, 0.3) is 20.0 Å². The van der Waals surface area contributed by atoms with E-state index >= 15 is 0 Å². The van der Waals surface area contributed by atoms with Gasteiger partial charge in [0.1, 0.15) is 16.4 Å². The van der Waals surface area contributed by atoms with E-state index in [1.165, 1.54) is 38.4 Å². The Bertz CT molecular complexity index is 1290. The molecule has 0 fully saturated rings. The molecule has 2 N–H and O–H groups in total. The van der Waals surface area contributed by atoms with Crippen molar-refractivity contribution in [3.05, 3.63) is 47.5 Å². The van der Waals surface area contributed by atoms with Crippen molar-refractivity contribution < 1.29 is 26.3 Å². The average molecular weight is 473 g/mol. The Balaban J connectivity index is 0.000000172. The third kappa shape index (κ3) is 3.99. The molecule has 0 saturated carbocycles. The maximum atomic E-state index is 11.7. The maximum absolute atomic E-state index is 11.7. The second-order valence-corrected chi connectivity index (χ2v) is 9.59. The Kier molecular flexibility index (Phi) is 5.78. The standard InChI is InChI=1S/C9H11N3O3S.C8H6ClNO3S/c1-12(10)9-7-5-6(15-2)3-4-8(7)16(13,14)11-9;1-13-5-2-3-7-6(4-5)8(9)10-14(7,11)12/h3-5H,10H2,1-2H3;2-4H,1H3. The molecule has 0 atom stereocenters. The number of hydrazine groups is 1. The van der Waals surface area contributed by atoms with Crippen LogP contribution in [0.2, 0.25) is 0 Å². The van der Waals surface area contributed by atoms with Crippen molar-refractivity contribution in [3.8, 4) is 11.5 Å². The molecule has 30 heavy (non-hydrogen) atoms. The molecule has 0 aromatic heterocycles. The Hall–Kier alpha value is -2.67. The Labute approximate surface area is 178 Å². The summed E-state index contributed by atoms with van der Waals surface area (Å²) in [7, 11) is -2.66. The fourth-order valence-electron chi connectivity index (χ4n) is 2.73. The summed E-state index contributed by atoms with van der Waals surface area (Å²) in [6.07, 6.45) is 0. The lowest BCUT2D eigenvalue weighted by atomic mass is 10.2. The molecule has 2 heterocycles. The Morgan fingerprint density at radius 2 is 1.33 bits per heavy atom. The van der Waals surface area contributed by atoms with Crippen molar-refractivity contribution in [2.45, 2.75) is 9.79 Å². The van der Waals surface area contributed by atoms with Gasteiger partial charge in [-0.25, -0.2) is 5.84 Å². The average Bonchev–Trinajstić information content (AvgIpc) is 3.10. The SMILES string of the molecule is COc1ccc2c(c1)C(Cl)=NS2(=O)=O.COc1ccc2c(c1)C(N(C)N)=NS2(=O)=O. The first-order valence-corrected chi connectivity index (χ1v) is 11.5. The number of sulfonamides is 2. The third-order valence-corrected chi connectivity index (χ3v) is 7.18. The Morgan fingerprint density at radius 1 is 0.867 bits per heavy atom. The van der Waals surface area contributed by atoms with Gasteiger partial charge in [0.2, 0.25) is 0 Å². The first-order chi connectivity index (χ1) is 14.0.